The number of hydrogen-bond acceptors (Lipinski definition) is 2. The Bertz CT molecular complexity index is 2830. The number of hydrogen-bond donors (Lipinski definition) is 0. The van der Waals surface area contributed by atoms with E-state index in [1.54, 1.807) is 0 Å². The maximum Gasteiger partial charge on any atom is 0.0540 e. The standard InChI is InChI=1S/C46H29NS/c1-2-12-33(13-3-1)47(42-19-10-18-39-37(42)27-28-44-46(39)40-17-8-9-20-43(40)48-44)34-25-23-31(24-26-34)41-29-32-22-21-30-11-4-5-14-35(30)45(32)38-16-7-6-15-36(38)41/h1-29H. The zero-order valence-corrected chi connectivity index (χ0v) is 26.9. The lowest BCUT2D eigenvalue weighted by Crippen LogP contribution is -2.10. The van der Waals surface area contributed by atoms with Crippen LogP contribution in [0.5, 0.6) is 0 Å². The van der Waals surface area contributed by atoms with Crippen LogP contribution in [0, 0.1) is 0 Å². The fourth-order valence-electron chi connectivity index (χ4n) is 7.67. The molecule has 0 amide bonds. The lowest BCUT2D eigenvalue weighted by atomic mass is 9.90. The van der Waals surface area contributed by atoms with Crippen molar-refractivity contribution in [3.8, 4) is 11.1 Å². The summed E-state index contributed by atoms with van der Waals surface area (Å²) in [5.74, 6) is 0. The van der Waals surface area contributed by atoms with Gasteiger partial charge in [0.2, 0.25) is 0 Å². The Kier molecular flexibility index (Phi) is 6.12. The van der Waals surface area contributed by atoms with Gasteiger partial charge in [0.25, 0.3) is 0 Å². The van der Waals surface area contributed by atoms with Gasteiger partial charge >= 0.3 is 0 Å². The highest BCUT2D eigenvalue weighted by molar-refractivity contribution is 7.26. The van der Waals surface area contributed by atoms with Gasteiger partial charge in [0.05, 0.1) is 5.69 Å². The third-order valence-corrected chi connectivity index (χ3v) is 11.0. The molecular formula is C46H29NS. The molecule has 0 spiro atoms. The Labute approximate surface area is 282 Å². The predicted molar refractivity (Wildman–Crippen MR) is 209 cm³/mol. The van der Waals surface area contributed by atoms with Crippen LogP contribution in [0.4, 0.5) is 17.1 Å². The lowest BCUT2D eigenvalue weighted by Gasteiger charge is -2.27. The monoisotopic (exact) mass is 627 g/mol. The molecule has 0 saturated carbocycles. The van der Waals surface area contributed by atoms with E-state index in [0.717, 1.165) is 11.4 Å². The molecule has 0 radical (unpaired) electrons. The van der Waals surface area contributed by atoms with Crippen LogP contribution >= 0.6 is 11.3 Å². The zero-order valence-electron chi connectivity index (χ0n) is 26.1. The van der Waals surface area contributed by atoms with Crippen LogP contribution in [-0.2, 0) is 0 Å². The molecule has 10 aromatic rings. The van der Waals surface area contributed by atoms with Gasteiger partial charge in [0.15, 0.2) is 0 Å². The van der Waals surface area contributed by atoms with E-state index in [1.807, 2.05) is 11.3 Å². The van der Waals surface area contributed by atoms with Crippen LogP contribution < -0.4 is 4.90 Å². The van der Waals surface area contributed by atoms with E-state index in [4.69, 9.17) is 0 Å². The van der Waals surface area contributed by atoms with Crippen molar-refractivity contribution in [1.29, 1.82) is 0 Å². The van der Waals surface area contributed by atoms with Crippen molar-refractivity contribution in [2.45, 2.75) is 0 Å². The Morgan fingerprint density at radius 2 is 1.00 bits per heavy atom. The minimum atomic E-state index is 1.13. The van der Waals surface area contributed by atoms with Gasteiger partial charge in [-0.05, 0) is 97.4 Å². The summed E-state index contributed by atoms with van der Waals surface area (Å²) in [7, 11) is 0. The molecule has 48 heavy (non-hydrogen) atoms. The van der Waals surface area contributed by atoms with Crippen molar-refractivity contribution < 1.29 is 0 Å². The molecule has 0 saturated heterocycles. The topological polar surface area (TPSA) is 3.24 Å². The van der Waals surface area contributed by atoms with Gasteiger partial charge in [-0.1, -0.05) is 127 Å². The molecule has 0 N–H and O–H groups in total. The van der Waals surface area contributed by atoms with E-state index in [1.165, 1.54) is 80.1 Å². The van der Waals surface area contributed by atoms with Crippen molar-refractivity contribution in [2.24, 2.45) is 0 Å². The molecule has 9 aromatic carbocycles. The first-order chi connectivity index (χ1) is 23.8. The largest absolute Gasteiger partial charge is 0.310 e. The quantitative estimate of drug-likeness (QED) is 0.176. The molecule has 0 bridgehead atoms. The normalized spacial score (nSPS) is 11.8. The van der Waals surface area contributed by atoms with Crippen molar-refractivity contribution >= 4 is 91.7 Å². The van der Waals surface area contributed by atoms with E-state index in [0.29, 0.717) is 0 Å². The smallest absolute Gasteiger partial charge is 0.0540 e. The fraction of sp³-hybridized carbons (Fsp3) is 0. The molecule has 1 heterocycles. The van der Waals surface area contributed by atoms with Gasteiger partial charge in [0.1, 0.15) is 0 Å². The molecule has 0 unspecified atom stereocenters. The van der Waals surface area contributed by atoms with Gasteiger partial charge in [-0.25, -0.2) is 0 Å². The van der Waals surface area contributed by atoms with E-state index >= 15 is 0 Å². The SMILES string of the molecule is c1ccc(N(c2ccc(-c3cc4ccc5ccccc5c4c4ccccc34)cc2)c2cccc3c2ccc2sc4ccccc4c23)cc1. The highest BCUT2D eigenvalue weighted by Crippen LogP contribution is 2.45. The second-order valence-corrected chi connectivity index (χ2v) is 13.6. The number of anilines is 3. The molecule has 0 aliphatic rings. The van der Waals surface area contributed by atoms with E-state index in [9.17, 15) is 0 Å². The number of benzene rings is 9. The second-order valence-electron chi connectivity index (χ2n) is 12.5. The highest BCUT2D eigenvalue weighted by Gasteiger charge is 2.18. The summed E-state index contributed by atoms with van der Waals surface area (Å²) in [6.07, 6.45) is 0. The summed E-state index contributed by atoms with van der Waals surface area (Å²) in [6, 6.07) is 64.4. The van der Waals surface area contributed by atoms with Crippen molar-refractivity contribution in [3.63, 3.8) is 0 Å². The van der Waals surface area contributed by atoms with Crippen LogP contribution in [0.2, 0.25) is 0 Å². The Balaban J connectivity index is 1.16. The van der Waals surface area contributed by atoms with E-state index in [2.05, 4.69) is 181 Å². The van der Waals surface area contributed by atoms with Gasteiger partial charge < -0.3 is 4.90 Å². The molecule has 1 nitrogen and oxygen atoms in total. The molecular weight excluding hydrogens is 599 g/mol. The van der Waals surface area contributed by atoms with Gasteiger partial charge in [-0.2, -0.15) is 0 Å². The molecule has 10 rings (SSSR count). The average Bonchev–Trinajstić information content (AvgIpc) is 3.55. The Hall–Kier alpha value is -5.96. The summed E-state index contributed by atoms with van der Waals surface area (Å²) >= 11 is 1.87. The summed E-state index contributed by atoms with van der Waals surface area (Å²) in [5, 5.41) is 12.9. The number of nitrogens with zero attached hydrogens (tertiary/aromatic N) is 1. The summed E-state index contributed by atoms with van der Waals surface area (Å²) in [6.45, 7) is 0. The molecule has 0 atom stereocenters. The summed E-state index contributed by atoms with van der Waals surface area (Å²) in [5.41, 5.74) is 5.90. The summed E-state index contributed by atoms with van der Waals surface area (Å²) < 4.78 is 2.65. The maximum atomic E-state index is 2.40. The number of para-hydroxylation sites is 1. The molecule has 0 fully saturated rings. The van der Waals surface area contributed by atoms with Gasteiger partial charge in [0, 0.05) is 36.9 Å². The zero-order chi connectivity index (χ0) is 31.6. The van der Waals surface area contributed by atoms with Gasteiger partial charge in [-0.3, -0.25) is 0 Å². The molecule has 0 aliphatic heterocycles. The van der Waals surface area contributed by atoms with E-state index in [-0.39, 0.29) is 0 Å². The second kappa shape index (κ2) is 10.8. The third kappa shape index (κ3) is 4.17. The molecule has 1 aromatic heterocycles. The number of fused-ring (bicyclic) bond motifs is 10. The minimum Gasteiger partial charge on any atom is -0.310 e. The molecule has 2 heteroatoms. The van der Waals surface area contributed by atoms with Crippen LogP contribution in [-0.4, -0.2) is 0 Å². The minimum absolute atomic E-state index is 1.13. The maximum absolute atomic E-state index is 2.40. The first-order valence-corrected chi connectivity index (χ1v) is 17.3. The van der Waals surface area contributed by atoms with Crippen LogP contribution in [0.15, 0.2) is 176 Å². The third-order valence-electron chi connectivity index (χ3n) is 9.82. The Morgan fingerprint density at radius 1 is 0.354 bits per heavy atom. The average molecular weight is 628 g/mol. The summed E-state index contributed by atoms with van der Waals surface area (Å²) in [4.78, 5) is 2.40. The molecule has 224 valence electrons. The van der Waals surface area contributed by atoms with E-state index < -0.39 is 0 Å². The van der Waals surface area contributed by atoms with Crippen molar-refractivity contribution in [2.75, 3.05) is 4.90 Å². The van der Waals surface area contributed by atoms with Gasteiger partial charge in [-0.15, -0.1) is 11.3 Å². The van der Waals surface area contributed by atoms with Crippen molar-refractivity contribution in [3.05, 3.63) is 176 Å². The first-order valence-electron chi connectivity index (χ1n) is 16.4. The predicted octanol–water partition coefficient (Wildman–Crippen LogP) is 13.8. The fourth-order valence-corrected chi connectivity index (χ4v) is 8.79. The number of rotatable bonds is 4. The van der Waals surface area contributed by atoms with Crippen LogP contribution in [0.3, 0.4) is 0 Å². The molecule has 0 aliphatic carbocycles. The lowest BCUT2D eigenvalue weighted by molar-refractivity contribution is 1.30. The van der Waals surface area contributed by atoms with Crippen LogP contribution in [0.25, 0.3) is 74.4 Å². The number of thiophene rings is 1. The van der Waals surface area contributed by atoms with Crippen molar-refractivity contribution in [1.82, 2.24) is 0 Å². The first kappa shape index (κ1) is 27.2. The van der Waals surface area contributed by atoms with Crippen LogP contribution in [0.1, 0.15) is 0 Å². The highest BCUT2D eigenvalue weighted by atomic mass is 32.1. The Morgan fingerprint density at radius 3 is 1.85 bits per heavy atom.